The minimum absolute atomic E-state index is 0.170. The Kier molecular flexibility index (Phi) is 7.02. The van der Waals surface area contributed by atoms with Crippen molar-refractivity contribution >= 4 is 0 Å². The highest BCUT2D eigenvalue weighted by molar-refractivity contribution is 5.27. The Morgan fingerprint density at radius 2 is 1.71 bits per heavy atom. The number of ether oxygens (including phenoxy) is 1. The van der Waals surface area contributed by atoms with Gasteiger partial charge < -0.3 is 10.1 Å². The van der Waals surface area contributed by atoms with Gasteiger partial charge in [-0.3, -0.25) is 0 Å². The molecule has 0 radical (unpaired) electrons. The molecule has 0 aliphatic rings. The molecule has 0 bridgehead atoms. The van der Waals surface area contributed by atoms with Crippen molar-refractivity contribution in [3.63, 3.8) is 0 Å². The second-order valence-electron chi connectivity index (χ2n) is 5.55. The fraction of sp³-hybridized carbons (Fsp3) is 0.625. The van der Waals surface area contributed by atoms with E-state index in [0.29, 0.717) is 11.8 Å². The first-order valence-electron chi connectivity index (χ1n) is 7.37. The van der Waals surface area contributed by atoms with Gasteiger partial charge in [-0.2, -0.15) is 0 Å². The van der Waals surface area contributed by atoms with E-state index in [-0.39, 0.29) is 5.75 Å². The molecule has 5 heteroatoms. The maximum Gasteiger partial charge on any atom is 0.573 e. The van der Waals surface area contributed by atoms with Gasteiger partial charge in [-0.05, 0) is 55.5 Å². The lowest BCUT2D eigenvalue weighted by molar-refractivity contribution is -0.274. The normalized spacial score (nSPS) is 14.8. The summed E-state index contributed by atoms with van der Waals surface area (Å²) in [5, 5.41) is 3.39. The van der Waals surface area contributed by atoms with Gasteiger partial charge in [-0.1, -0.05) is 32.9 Å². The molecule has 120 valence electrons. The lowest BCUT2D eigenvalue weighted by atomic mass is 9.89. The summed E-state index contributed by atoms with van der Waals surface area (Å²) < 4.78 is 40.1. The summed E-state index contributed by atoms with van der Waals surface area (Å²) in [6.07, 6.45) is -2.67. The van der Waals surface area contributed by atoms with Gasteiger partial charge in [-0.15, -0.1) is 13.2 Å². The number of hydrogen-bond acceptors (Lipinski definition) is 2. The molecule has 0 saturated heterocycles. The SMILES string of the molecule is CCCNCC(C)C(C)Cc1ccc(OC(F)(F)F)cc1. The highest BCUT2D eigenvalue weighted by Crippen LogP contribution is 2.24. The van der Waals surface area contributed by atoms with E-state index in [9.17, 15) is 13.2 Å². The van der Waals surface area contributed by atoms with Crippen LogP contribution in [0.2, 0.25) is 0 Å². The monoisotopic (exact) mass is 303 g/mol. The summed E-state index contributed by atoms with van der Waals surface area (Å²) in [5.74, 6) is 0.808. The van der Waals surface area contributed by atoms with Crippen molar-refractivity contribution < 1.29 is 17.9 Å². The van der Waals surface area contributed by atoms with Gasteiger partial charge in [0.05, 0.1) is 0 Å². The van der Waals surface area contributed by atoms with Crippen molar-refractivity contribution in [2.75, 3.05) is 13.1 Å². The zero-order valence-corrected chi connectivity index (χ0v) is 12.8. The van der Waals surface area contributed by atoms with E-state index in [2.05, 4.69) is 30.8 Å². The van der Waals surface area contributed by atoms with Crippen LogP contribution in [0.4, 0.5) is 13.2 Å². The maximum absolute atomic E-state index is 12.1. The summed E-state index contributed by atoms with van der Waals surface area (Å²) in [5.41, 5.74) is 1.03. The number of alkyl halides is 3. The number of nitrogens with one attached hydrogen (secondary N) is 1. The lowest BCUT2D eigenvalue weighted by Gasteiger charge is -2.20. The predicted molar refractivity (Wildman–Crippen MR) is 78.3 cm³/mol. The molecule has 0 aromatic heterocycles. The highest BCUT2D eigenvalue weighted by Gasteiger charge is 2.30. The van der Waals surface area contributed by atoms with Crippen LogP contribution in [-0.2, 0) is 6.42 Å². The van der Waals surface area contributed by atoms with Gasteiger partial charge in [0.2, 0.25) is 0 Å². The minimum atomic E-state index is -4.63. The van der Waals surface area contributed by atoms with Crippen molar-refractivity contribution in [2.24, 2.45) is 11.8 Å². The fourth-order valence-electron chi connectivity index (χ4n) is 2.11. The Balaban J connectivity index is 2.47. The van der Waals surface area contributed by atoms with Crippen LogP contribution in [0.15, 0.2) is 24.3 Å². The number of hydrogen-bond donors (Lipinski definition) is 1. The zero-order valence-electron chi connectivity index (χ0n) is 12.8. The molecule has 0 spiro atoms. The van der Waals surface area contributed by atoms with E-state index in [4.69, 9.17) is 0 Å². The van der Waals surface area contributed by atoms with Gasteiger partial charge in [0.1, 0.15) is 5.75 Å². The largest absolute Gasteiger partial charge is 0.573 e. The summed E-state index contributed by atoms with van der Waals surface area (Å²) in [7, 11) is 0. The van der Waals surface area contributed by atoms with Crippen molar-refractivity contribution in [1.29, 1.82) is 0 Å². The summed E-state index contributed by atoms with van der Waals surface area (Å²) in [6, 6.07) is 6.14. The number of benzene rings is 1. The molecule has 2 atom stereocenters. The van der Waals surface area contributed by atoms with E-state index in [1.165, 1.54) is 12.1 Å². The predicted octanol–water partition coefficient (Wildman–Crippen LogP) is 4.40. The van der Waals surface area contributed by atoms with Crippen molar-refractivity contribution in [1.82, 2.24) is 5.32 Å². The topological polar surface area (TPSA) is 21.3 Å². The Morgan fingerprint density at radius 3 is 2.24 bits per heavy atom. The molecule has 0 fully saturated rings. The third kappa shape index (κ3) is 7.37. The smallest absolute Gasteiger partial charge is 0.406 e. The van der Waals surface area contributed by atoms with Gasteiger partial charge in [0.15, 0.2) is 0 Å². The lowest BCUT2D eigenvalue weighted by Crippen LogP contribution is -2.26. The average molecular weight is 303 g/mol. The first-order valence-corrected chi connectivity index (χ1v) is 7.37. The Morgan fingerprint density at radius 1 is 1.10 bits per heavy atom. The van der Waals surface area contributed by atoms with Crippen molar-refractivity contribution in [2.45, 2.75) is 40.0 Å². The van der Waals surface area contributed by atoms with Crippen LogP contribution >= 0.6 is 0 Å². The van der Waals surface area contributed by atoms with E-state index in [1.54, 1.807) is 12.1 Å². The van der Waals surface area contributed by atoms with E-state index in [0.717, 1.165) is 31.5 Å². The van der Waals surface area contributed by atoms with Crippen LogP contribution in [-0.4, -0.2) is 19.5 Å². The maximum atomic E-state index is 12.1. The second-order valence-corrected chi connectivity index (χ2v) is 5.55. The number of rotatable bonds is 8. The molecule has 0 aliphatic carbocycles. The molecule has 1 N–H and O–H groups in total. The van der Waals surface area contributed by atoms with Crippen LogP contribution < -0.4 is 10.1 Å². The number of halogens is 3. The van der Waals surface area contributed by atoms with Crippen LogP contribution in [0.25, 0.3) is 0 Å². The fourth-order valence-corrected chi connectivity index (χ4v) is 2.11. The molecule has 1 rings (SSSR count). The summed E-state index contributed by atoms with van der Waals surface area (Å²) >= 11 is 0. The minimum Gasteiger partial charge on any atom is -0.406 e. The molecule has 2 unspecified atom stereocenters. The van der Waals surface area contributed by atoms with Crippen LogP contribution in [0.1, 0.15) is 32.8 Å². The molecule has 1 aromatic rings. The molecule has 0 saturated carbocycles. The van der Waals surface area contributed by atoms with Crippen molar-refractivity contribution in [3.8, 4) is 5.75 Å². The Hall–Kier alpha value is -1.23. The van der Waals surface area contributed by atoms with Crippen LogP contribution in [0.5, 0.6) is 5.75 Å². The highest BCUT2D eigenvalue weighted by atomic mass is 19.4. The van der Waals surface area contributed by atoms with Gasteiger partial charge >= 0.3 is 6.36 Å². The summed E-state index contributed by atoms with van der Waals surface area (Å²) in [6.45, 7) is 8.46. The standard InChI is InChI=1S/C16H24F3NO/c1-4-9-20-11-13(3)12(2)10-14-5-7-15(8-6-14)21-16(17,18)19/h5-8,12-13,20H,4,9-11H2,1-3H3. The third-order valence-electron chi connectivity index (χ3n) is 3.58. The van der Waals surface area contributed by atoms with Gasteiger partial charge in [-0.25, -0.2) is 0 Å². The quantitative estimate of drug-likeness (QED) is 0.719. The molecular weight excluding hydrogens is 279 g/mol. The molecule has 2 nitrogen and oxygen atoms in total. The average Bonchev–Trinajstić information content (AvgIpc) is 2.39. The van der Waals surface area contributed by atoms with Gasteiger partial charge in [0, 0.05) is 0 Å². The molecular formula is C16H24F3NO. The molecule has 0 aliphatic heterocycles. The van der Waals surface area contributed by atoms with Gasteiger partial charge in [0.25, 0.3) is 0 Å². The van der Waals surface area contributed by atoms with E-state index < -0.39 is 6.36 Å². The molecule has 0 amide bonds. The van der Waals surface area contributed by atoms with Crippen LogP contribution in [0.3, 0.4) is 0 Å². The first kappa shape index (κ1) is 17.8. The Labute approximate surface area is 124 Å². The zero-order chi connectivity index (χ0) is 15.9. The molecule has 0 heterocycles. The van der Waals surface area contributed by atoms with Crippen molar-refractivity contribution in [3.05, 3.63) is 29.8 Å². The Bertz CT molecular complexity index is 403. The second kappa shape index (κ2) is 8.27. The van der Waals surface area contributed by atoms with Crippen LogP contribution in [0, 0.1) is 11.8 Å². The van der Waals surface area contributed by atoms with E-state index >= 15 is 0 Å². The summed E-state index contributed by atoms with van der Waals surface area (Å²) in [4.78, 5) is 0. The molecule has 21 heavy (non-hydrogen) atoms. The first-order chi connectivity index (χ1) is 9.81. The molecule has 1 aromatic carbocycles. The van der Waals surface area contributed by atoms with E-state index in [1.807, 2.05) is 0 Å². The third-order valence-corrected chi connectivity index (χ3v) is 3.58.